The third-order valence-electron chi connectivity index (χ3n) is 5.35. The van der Waals surface area contributed by atoms with Crippen LogP contribution in [0.2, 0.25) is 0 Å². The van der Waals surface area contributed by atoms with Gasteiger partial charge in [-0.05, 0) is 61.4 Å². The molecule has 1 amide bonds. The van der Waals surface area contributed by atoms with Gasteiger partial charge >= 0.3 is 0 Å². The number of nitrogens with zero attached hydrogens (tertiary/aromatic N) is 6. The van der Waals surface area contributed by atoms with Crippen molar-refractivity contribution in [2.75, 3.05) is 11.1 Å². The Morgan fingerprint density at radius 3 is 2.67 bits per heavy atom. The average molecular weight is 456 g/mol. The Morgan fingerprint density at radius 1 is 0.970 bits per heavy atom. The van der Waals surface area contributed by atoms with Crippen LogP contribution in [0.5, 0.6) is 0 Å². The Kier molecular flexibility index (Phi) is 5.62. The highest BCUT2D eigenvalue weighted by atomic mass is 32.2. The molecule has 3 heterocycles. The van der Waals surface area contributed by atoms with Crippen LogP contribution in [0.25, 0.3) is 22.5 Å². The SMILES string of the molecule is Cc1ccc(-n2cnnc2SCC(=O)Nc2ccc(-n3cnc4ccccc43)nc2)cc1C. The van der Waals surface area contributed by atoms with E-state index in [-0.39, 0.29) is 11.7 Å². The summed E-state index contributed by atoms with van der Waals surface area (Å²) in [7, 11) is 0. The number of pyridine rings is 1. The molecule has 9 heteroatoms. The van der Waals surface area contributed by atoms with Crippen molar-refractivity contribution < 1.29 is 4.79 Å². The number of anilines is 1. The van der Waals surface area contributed by atoms with Crippen LogP contribution in [0.1, 0.15) is 11.1 Å². The number of rotatable bonds is 6. The fraction of sp³-hybridized carbons (Fsp3) is 0.125. The van der Waals surface area contributed by atoms with E-state index < -0.39 is 0 Å². The standard InChI is InChI=1S/C24H21N7OS/c1-16-7-9-19(11-17(16)2)30-15-27-29-24(30)33-13-23(32)28-18-8-10-22(25-12-18)31-14-26-20-5-3-4-6-21(20)31/h3-12,14-15H,13H2,1-2H3,(H,28,32). The third kappa shape index (κ3) is 4.35. The molecule has 5 aromatic rings. The topological polar surface area (TPSA) is 90.5 Å². The normalized spacial score (nSPS) is 11.1. The average Bonchev–Trinajstić information content (AvgIpc) is 3.47. The molecule has 5 rings (SSSR count). The maximum absolute atomic E-state index is 12.5. The lowest BCUT2D eigenvalue weighted by Gasteiger charge is -2.09. The van der Waals surface area contributed by atoms with Crippen molar-refractivity contribution in [3.63, 3.8) is 0 Å². The molecule has 0 radical (unpaired) electrons. The smallest absolute Gasteiger partial charge is 0.234 e. The van der Waals surface area contributed by atoms with Crippen LogP contribution in [0.15, 0.2) is 78.6 Å². The van der Waals surface area contributed by atoms with Gasteiger partial charge in [0.15, 0.2) is 5.16 Å². The second-order valence-electron chi connectivity index (χ2n) is 7.60. The Hall–Kier alpha value is -3.98. The number of amides is 1. The number of carbonyl (C=O) groups excluding carboxylic acids is 1. The fourth-order valence-electron chi connectivity index (χ4n) is 3.45. The minimum atomic E-state index is -0.141. The lowest BCUT2D eigenvalue weighted by molar-refractivity contribution is -0.113. The minimum absolute atomic E-state index is 0.141. The Morgan fingerprint density at radius 2 is 1.85 bits per heavy atom. The number of para-hydroxylation sites is 2. The van der Waals surface area contributed by atoms with Crippen molar-refractivity contribution in [2.24, 2.45) is 0 Å². The van der Waals surface area contributed by atoms with E-state index in [2.05, 4.69) is 51.5 Å². The number of thioether (sulfide) groups is 1. The second-order valence-corrected chi connectivity index (χ2v) is 8.54. The van der Waals surface area contributed by atoms with Gasteiger partial charge in [0.25, 0.3) is 0 Å². The summed E-state index contributed by atoms with van der Waals surface area (Å²) in [5.41, 5.74) is 5.89. The number of nitrogens with one attached hydrogen (secondary N) is 1. The van der Waals surface area contributed by atoms with E-state index in [0.29, 0.717) is 10.8 Å². The van der Waals surface area contributed by atoms with Gasteiger partial charge in [0.05, 0.1) is 28.7 Å². The lowest BCUT2D eigenvalue weighted by atomic mass is 10.1. The lowest BCUT2D eigenvalue weighted by Crippen LogP contribution is -2.15. The molecule has 0 spiro atoms. The Bertz CT molecular complexity index is 1440. The molecule has 0 saturated carbocycles. The van der Waals surface area contributed by atoms with Crippen LogP contribution in [-0.2, 0) is 4.79 Å². The number of imidazole rings is 1. The van der Waals surface area contributed by atoms with Gasteiger partial charge in [-0.2, -0.15) is 0 Å². The van der Waals surface area contributed by atoms with Gasteiger partial charge in [0, 0.05) is 5.69 Å². The molecule has 0 aliphatic rings. The molecule has 0 atom stereocenters. The van der Waals surface area contributed by atoms with Crippen molar-refractivity contribution in [1.82, 2.24) is 29.3 Å². The molecule has 0 unspecified atom stereocenters. The summed E-state index contributed by atoms with van der Waals surface area (Å²) in [4.78, 5) is 21.4. The molecular formula is C24H21N7OS. The van der Waals surface area contributed by atoms with Gasteiger partial charge in [0.1, 0.15) is 18.5 Å². The Labute approximate surface area is 194 Å². The number of aromatic nitrogens is 6. The molecule has 3 aromatic heterocycles. The van der Waals surface area contributed by atoms with Crippen molar-refractivity contribution in [3.8, 4) is 11.5 Å². The zero-order valence-electron chi connectivity index (χ0n) is 18.1. The zero-order valence-corrected chi connectivity index (χ0v) is 19.0. The number of fused-ring (bicyclic) bond motifs is 1. The fourth-order valence-corrected chi connectivity index (χ4v) is 4.18. The molecule has 0 saturated heterocycles. The second kappa shape index (κ2) is 8.87. The van der Waals surface area contributed by atoms with Crippen LogP contribution in [0.3, 0.4) is 0 Å². The number of hydrogen-bond donors (Lipinski definition) is 1. The number of benzene rings is 2. The monoisotopic (exact) mass is 455 g/mol. The van der Waals surface area contributed by atoms with Crippen molar-refractivity contribution in [1.29, 1.82) is 0 Å². The maximum Gasteiger partial charge on any atom is 0.234 e. The largest absolute Gasteiger partial charge is 0.324 e. The molecular weight excluding hydrogens is 434 g/mol. The van der Waals surface area contributed by atoms with Gasteiger partial charge in [0.2, 0.25) is 5.91 Å². The van der Waals surface area contributed by atoms with Crippen molar-refractivity contribution >= 4 is 34.4 Å². The van der Waals surface area contributed by atoms with Crippen LogP contribution >= 0.6 is 11.8 Å². The molecule has 1 N–H and O–H groups in total. The van der Waals surface area contributed by atoms with Crippen LogP contribution in [-0.4, -0.2) is 41.0 Å². The zero-order chi connectivity index (χ0) is 22.8. The maximum atomic E-state index is 12.5. The van der Waals surface area contributed by atoms with Gasteiger partial charge in [-0.3, -0.25) is 13.9 Å². The number of hydrogen-bond acceptors (Lipinski definition) is 6. The van der Waals surface area contributed by atoms with Gasteiger partial charge < -0.3 is 5.32 Å². The molecule has 0 aliphatic carbocycles. The van der Waals surface area contributed by atoms with E-state index in [1.807, 2.05) is 51.6 Å². The van der Waals surface area contributed by atoms with Crippen molar-refractivity contribution in [3.05, 3.63) is 84.6 Å². The summed E-state index contributed by atoms with van der Waals surface area (Å²) in [6, 6.07) is 17.7. The summed E-state index contributed by atoms with van der Waals surface area (Å²) in [5.74, 6) is 0.798. The van der Waals surface area contributed by atoms with Crippen LogP contribution in [0.4, 0.5) is 5.69 Å². The number of carbonyl (C=O) groups is 1. The molecule has 0 bridgehead atoms. The van der Waals surface area contributed by atoms with E-state index in [0.717, 1.165) is 22.5 Å². The summed E-state index contributed by atoms with van der Waals surface area (Å²) in [5, 5.41) is 11.7. The van der Waals surface area contributed by atoms with Crippen LogP contribution in [0, 0.1) is 13.8 Å². The van der Waals surface area contributed by atoms with E-state index in [4.69, 9.17) is 0 Å². The first kappa shape index (κ1) is 20.9. The molecule has 0 aliphatic heterocycles. The summed E-state index contributed by atoms with van der Waals surface area (Å²) >= 11 is 1.33. The molecule has 0 fully saturated rings. The summed E-state index contributed by atoms with van der Waals surface area (Å²) in [6.45, 7) is 4.14. The summed E-state index contributed by atoms with van der Waals surface area (Å²) < 4.78 is 3.80. The molecule has 8 nitrogen and oxygen atoms in total. The third-order valence-corrected chi connectivity index (χ3v) is 6.29. The quantitative estimate of drug-likeness (QED) is 0.383. The van der Waals surface area contributed by atoms with E-state index >= 15 is 0 Å². The first-order chi connectivity index (χ1) is 16.1. The highest BCUT2D eigenvalue weighted by molar-refractivity contribution is 7.99. The van der Waals surface area contributed by atoms with E-state index in [1.165, 1.54) is 22.9 Å². The molecule has 164 valence electrons. The first-order valence-corrected chi connectivity index (χ1v) is 11.4. The van der Waals surface area contributed by atoms with Crippen molar-refractivity contribution in [2.45, 2.75) is 19.0 Å². The summed E-state index contributed by atoms with van der Waals surface area (Å²) in [6.07, 6.45) is 5.05. The molecule has 33 heavy (non-hydrogen) atoms. The highest BCUT2D eigenvalue weighted by Gasteiger charge is 2.12. The van der Waals surface area contributed by atoms with E-state index in [9.17, 15) is 4.79 Å². The van der Waals surface area contributed by atoms with Gasteiger partial charge in [-0.15, -0.1) is 10.2 Å². The Balaban J connectivity index is 1.23. The first-order valence-electron chi connectivity index (χ1n) is 10.4. The van der Waals surface area contributed by atoms with Gasteiger partial charge in [-0.1, -0.05) is 30.0 Å². The predicted octanol–water partition coefficient (Wildman–Crippen LogP) is 4.35. The highest BCUT2D eigenvalue weighted by Crippen LogP contribution is 2.22. The van der Waals surface area contributed by atoms with Crippen LogP contribution < -0.4 is 5.32 Å². The van der Waals surface area contributed by atoms with Gasteiger partial charge in [-0.25, -0.2) is 9.97 Å². The minimum Gasteiger partial charge on any atom is -0.324 e. The van der Waals surface area contributed by atoms with E-state index in [1.54, 1.807) is 18.9 Å². The predicted molar refractivity (Wildman–Crippen MR) is 129 cm³/mol. The molecule has 2 aromatic carbocycles. The number of aryl methyl sites for hydroxylation is 2.